The SMILES string of the molecule is Cc1cc(-c2csc(NC(=O)Cc3csc(NC(=O)c4ccccc4)n3)n2)c(C)o1. The van der Waals surface area contributed by atoms with E-state index in [2.05, 4.69) is 20.6 Å². The Morgan fingerprint density at radius 3 is 2.47 bits per heavy atom. The second kappa shape index (κ2) is 8.60. The van der Waals surface area contributed by atoms with Crippen molar-refractivity contribution in [2.45, 2.75) is 20.3 Å². The molecule has 2 N–H and O–H groups in total. The van der Waals surface area contributed by atoms with Gasteiger partial charge in [-0.15, -0.1) is 22.7 Å². The van der Waals surface area contributed by atoms with E-state index in [1.165, 1.54) is 22.7 Å². The van der Waals surface area contributed by atoms with E-state index in [1.807, 2.05) is 31.4 Å². The van der Waals surface area contributed by atoms with Gasteiger partial charge in [-0.05, 0) is 32.0 Å². The first-order valence-corrected chi connectivity index (χ1v) is 10.9. The van der Waals surface area contributed by atoms with Crippen molar-refractivity contribution in [1.29, 1.82) is 0 Å². The van der Waals surface area contributed by atoms with E-state index < -0.39 is 0 Å². The maximum absolute atomic E-state index is 12.4. The fourth-order valence-corrected chi connectivity index (χ4v) is 4.30. The lowest BCUT2D eigenvalue weighted by Crippen LogP contribution is -2.15. The quantitative estimate of drug-likeness (QED) is 0.446. The maximum atomic E-state index is 12.4. The number of rotatable bonds is 6. The van der Waals surface area contributed by atoms with Crippen molar-refractivity contribution in [1.82, 2.24) is 9.97 Å². The largest absolute Gasteiger partial charge is 0.466 e. The molecule has 30 heavy (non-hydrogen) atoms. The Morgan fingerprint density at radius 2 is 1.73 bits per heavy atom. The number of amides is 2. The van der Waals surface area contributed by atoms with Gasteiger partial charge < -0.3 is 9.73 Å². The lowest BCUT2D eigenvalue weighted by Gasteiger charge is -2.01. The molecule has 0 saturated heterocycles. The van der Waals surface area contributed by atoms with Crippen LogP contribution in [0.3, 0.4) is 0 Å². The molecule has 0 unspecified atom stereocenters. The van der Waals surface area contributed by atoms with Crippen LogP contribution in [0, 0.1) is 13.8 Å². The van der Waals surface area contributed by atoms with Gasteiger partial charge in [-0.25, -0.2) is 9.97 Å². The third-order valence-electron chi connectivity index (χ3n) is 4.22. The third kappa shape index (κ3) is 4.64. The highest BCUT2D eigenvalue weighted by molar-refractivity contribution is 7.14. The van der Waals surface area contributed by atoms with Crippen molar-refractivity contribution < 1.29 is 14.0 Å². The molecule has 9 heteroatoms. The number of nitrogens with one attached hydrogen (secondary N) is 2. The van der Waals surface area contributed by atoms with Crippen molar-refractivity contribution in [2.24, 2.45) is 0 Å². The molecule has 1 aromatic carbocycles. The number of carbonyl (C=O) groups excluding carboxylic acids is 2. The standard InChI is InChI=1S/C21H18N4O3S2/c1-12-8-16(13(2)28-12)17-11-30-21(23-17)24-18(26)9-15-10-29-20(22-15)25-19(27)14-6-4-3-5-7-14/h3-8,10-11H,9H2,1-2H3,(H,22,25,27)(H,23,24,26). The van der Waals surface area contributed by atoms with Crippen LogP contribution < -0.4 is 10.6 Å². The molecule has 152 valence electrons. The average molecular weight is 439 g/mol. The number of carbonyl (C=O) groups is 2. The fourth-order valence-electron chi connectivity index (χ4n) is 2.87. The Hall–Kier alpha value is -3.30. The second-order valence-corrected chi connectivity index (χ2v) is 8.27. The predicted molar refractivity (Wildman–Crippen MR) is 118 cm³/mol. The lowest BCUT2D eigenvalue weighted by atomic mass is 10.2. The number of aryl methyl sites for hydroxylation is 2. The molecule has 0 bridgehead atoms. The highest BCUT2D eigenvalue weighted by Crippen LogP contribution is 2.29. The number of furan rings is 1. The van der Waals surface area contributed by atoms with Crippen LogP contribution >= 0.6 is 22.7 Å². The summed E-state index contributed by atoms with van der Waals surface area (Å²) in [5, 5.41) is 10.2. The number of hydrogen-bond acceptors (Lipinski definition) is 7. The Kier molecular flexibility index (Phi) is 5.73. The topological polar surface area (TPSA) is 97.1 Å². The van der Waals surface area contributed by atoms with E-state index in [9.17, 15) is 9.59 Å². The van der Waals surface area contributed by atoms with Gasteiger partial charge in [0.2, 0.25) is 5.91 Å². The van der Waals surface area contributed by atoms with Crippen molar-refractivity contribution in [2.75, 3.05) is 10.6 Å². The average Bonchev–Trinajstić information content (AvgIpc) is 3.43. The number of hydrogen-bond donors (Lipinski definition) is 2. The molecular weight excluding hydrogens is 420 g/mol. The summed E-state index contributed by atoms with van der Waals surface area (Å²) in [6, 6.07) is 10.8. The minimum atomic E-state index is -0.235. The zero-order valence-electron chi connectivity index (χ0n) is 16.3. The molecule has 0 aliphatic heterocycles. The Labute approximate surface area is 180 Å². The van der Waals surface area contributed by atoms with Crippen LogP contribution in [0.4, 0.5) is 10.3 Å². The normalized spacial score (nSPS) is 10.7. The highest BCUT2D eigenvalue weighted by Gasteiger charge is 2.14. The first kappa shape index (κ1) is 20.0. The minimum absolute atomic E-state index is 0.0937. The van der Waals surface area contributed by atoms with E-state index in [0.717, 1.165) is 22.8 Å². The first-order chi connectivity index (χ1) is 14.5. The summed E-state index contributed by atoms with van der Waals surface area (Å²) >= 11 is 2.63. The molecule has 0 fully saturated rings. The molecule has 2 amide bonds. The van der Waals surface area contributed by atoms with Gasteiger partial charge in [-0.3, -0.25) is 14.9 Å². The third-order valence-corrected chi connectivity index (χ3v) is 5.78. The van der Waals surface area contributed by atoms with Crippen molar-refractivity contribution in [3.8, 4) is 11.3 Å². The van der Waals surface area contributed by atoms with Crippen LogP contribution in [-0.4, -0.2) is 21.8 Å². The van der Waals surface area contributed by atoms with Crippen LogP contribution in [0.25, 0.3) is 11.3 Å². The molecule has 4 rings (SSSR count). The van der Waals surface area contributed by atoms with Crippen LogP contribution in [-0.2, 0) is 11.2 Å². The van der Waals surface area contributed by atoms with E-state index in [1.54, 1.807) is 29.6 Å². The van der Waals surface area contributed by atoms with Gasteiger partial charge in [0.1, 0.15) is 11.5 Å². The van der Waals surface area contributed by atoms with Gasteiger partial charge in [0.25, 0.3) is 5.91 Å². The molecule has 0 aliphatic rings. The van der Waals surface area contributed by atoms with Crippen LogP contribution in [0.1, 0.15) is 27.6 Å². The van der Waals surface area contributed by atoms with Crippen LogP contribution in [0.15, 0.2) is 51.6 Å². The molecule has 3 aromatic heterocycles. The molecule has 3 heterocycles. The molecule has 7 nitrogen and oxygen atoms in total. The van der Waals surface area contributed by atoms with Crippen molar-refractivity contribution in [3.05, 3.63) is 69.9 Å². The molecule has 0 atom stereocenters. The number of thiazole rings is 2. The van der Waals surface area contributed by atoms with E-state index in [-0.39, 0.29) is 18.2 Å². The summed E-state index contributed by atoms with van der Waals surface area (Å²) in [4.78, 5) is 33.3. The van der Waals surface area contributed by atoms with Crippen molar-refractivity contribution in [3.63, 3.8) is 0 Å². The van der Waals surface area contributed by atoms with E-state index in [4.69, 9.17) is 4.42 Å². The molecule has 0 saturated carbocycles. The maximum Gasteiger partial charge on any atom is 0.257 e. The van der Waals surface area contributed by atoms with Crippen LogP contribution in [0.2, 0.25) is 0 Å². The summed E-state index contributed by atoms with van der Waals surface area (Å²) < 4.78 is 5.54. The molecular formula is C21H18N4O3S2. The first-order valence-electron chi connectivity index (χ1n) is 9.11. The zero-order chi connectivity index (χ0) is 21.1. The monoisotopic (exact) mass is 438 g/mol. The second-order valence-electron chi connectivity index (χ2n) is 6.55. The summed E-state index contributed by atoms with van der Waals surface area (Å²) in [6.07, 6.45) is 0.0937. The summed E-state index contributed by atoms with van der Waals surface area (Å²) in [7, 11) is 0. The zero-order valence-corrected chi connectivity index (χ0v) is 17.9. The van der Waals surface area contributed by atoms with Gasteiger partial charge in [0.05, 0.1) is 17.8 Å². The molecule has 0 radical (unpaired) electrons. The van der Waals surface area contributed by atoms with E-state index in [0.29, 0.717) is 21.5 Å². The van der Waals surface area contributed by atoms with Gasteiger partial charge in [0.15, 0.2) is 10.3 Å². The van der Waals surface area contributed by atoms with Crippen LogP contribution in [0.5, 0.6) is 0 Å². The summed E-state index contributed by atoms with van der Waals surface area (Å²) in [5.74, 6) is 1.16. The Morgan fingerprint density at radius 1 is 1.00 bits per heavy atom. The summed E-state index contributed by atoms with van der Waals surface area (Å²) in [6.45, 7) is 3.77. The number of anilines is 2. The Bertz CT molecular complexity index is 1190. The number of benzene rings is 1. The van der Waals surface area contributed by atoms with Crippen molar-refractivity contribution >= 4 is 44.8 Å². The van der Waals surface area contributed by atoms with E-state index >= 15 is 0 Å². The highest BCUT2D eigenvalue weighted by atomic mass is 32.1. The fraction of sp³-hybridized carbons (Fsp3) is 0.143. The lowest BCUT2D eigenvalue weighted by molar-refractivity contribution is -0.115. The molecule has 0 spiro atoms. The molecule has 0 aliphatic carbocycles. The smallest absolute Gasteiger partial charge is 0.257 e. The van der Waals surface area contributed by atoms with Gasteiger partial charge in [0, 0.05) is 21.9 Å². The Balaban J connectivity index is 1.35. The minimum Gasteiger partial charge on any atom is -0.466 e. The number of aromatic nitrogens is 2. The predicted octanol–water partition coefficient (Wildman–Crippen LogP) is 4.91. The number of nitrogens with zero attached hydrogens (tertiary/aromatic N) is 2. The van der Waals surface area contributed by atoms with Gasteiger partial charge >= 0.3 is 0 Å². The van der Waals surface area contributed by atoms with Gasteiger partial charge in [-0.1, -0.05) is 18.2 Å². The summed E-state index contributed by atoms with van der Waals surface area (Å²) in [5.41, 5.74) is 2.82. The molecule has 4 aromatic rings. The van der Waals surface area contributed by atoms with Gasteiger partial charge in [-0.2, -0.15) is 0 Å².